The summed E-state index contributed by atoms with van der Waals surface area (Å²) in [5.41, 5.74) is 7.03. The number of rotatable bonds is 8. The molecule has 1 aliphatic carbocycles. The van der Waals surface area contributed by atoms with E-state index in [0.717, 1.165) is 18.4 Å². The van der Waals surface area contributed by atoms with Crippen LogP contribution >= 0.6 is 0 Å². The minimum atomic E-state index is -3.35. The molecule has 1 aromatic rings. The summed E-state index contributed by atoms with van der Waals surface area (Å²) >= 11 is 0. The standard InChI is InChI=1S/C15H24N2O3S/c1-12(14-5-6-14)17(9-10-20-2)21(18,19)11-13-3-7-15(16)8-4-13/h3-4,7-8,12,14H,5-6,9-11,16H2,1-2H3. The van der Waals surface area contributed by atoms with Gasteiger partial charge in [0.15, 0.2) is 0 Å². The molecule has 1 fully saturated rings. The summed E-state index contributed by atoms with van der Waals surface area (Å²) in [6.45, 7) is 2.82. The van der Waals surface area contributed by atoms with Gasteiger partial charge in [0.2, 0.25) is 10.0 Å². The fourth-order valence-electron chi connectivity index (χ4n) is 2.50. The van der Waals surface area contributed by atoms with Crippen molar-refractivity contribution in [3.8, 4) is 0 Å². The quantitative estimate of drug-likeness (QED) is 0.744. The molecule has 21 heavy (non-hydrogen) atoms. The predicted molar refractivity (Wildman–Crippen MR) is 84.2 cm³/mol. The third kappa shape index (κ3) is 4.43. The van der Waals surface area contributed by atoms with E-state index in [-0.39, 0.29) is 11.8 Å². The molecule has 0 aromatic heterocycles. The molecule has 0 spiro atoms. The Morgan fingerprint density at radius 2 is 1.95 bits per heavy atom. The van der Waals surface area contributed by atoms with Gasteiger partial charge in [0.05, 0.1) is 12.4 Å². The zero-order valence-electron chi connectivity index (χ0n) is 12.7. The maximum absolute atomic E-state index is 12.7. The first kappa shape index (κ1) is 16.3. The molecular weight excluding hydrogens is 288 g/mol. The van der Waals surface area contributed by atoms with Crippen molar-refractivity contribution in [2.24, 2.45) is 5.92 Å². The van der Waals surface area contributed by atoms with Crippen LogP contribution in [0.1, 0.15) is 25.3 Å². The number of anilines is 1. The molecule has 1 saturated carbocycles. The van der Waals surface area contributed by atoms with Crippen LogP contribution in [0.4, 0.5) is 5.69 Å². The highest BCUT2D eigenvalue weighted by molar-refractivity contribution is 7.88. The third-order valence-electron chi connectivity index (χ3n) is 3.96. The fourth-order valence-corrected chi connectivity index (χ4v) is 4.31. The van der Waals surface area contributed by atoms with E-state index in [1.165, 1.54) is 0 Å². The van der Waals surface area contributed by atoms with Crippen LogP contribution in [0.25, 0.3) is 0 Å². The molecule has 2 N–H and O–H groups in total. The number of nitrogens with two attached hydrogens (primary N) is 1. The number of hydrogen-bond acceptors (Lipinski definition) is 4. The van der Waals surface area contributed by atoms with Crippen LogP contribution in [-0.2, 0) is 20.5 Å². The Morgan fingerprint density at radius 1 is 1.33 bits per heavy atom. The summed E-state index contributed by atoms with van der Waals surface area (Å²) in [6, 6.07) is 7.04. The van der Waals surface area contributed by atoms with Crippen molar-refractivity contribution in [3.63, 3.8) is 0 Å². The second-order valence-corrected chi connectivity index (χ2v) is 7.60. The Balaban J connectivity index is 2.13. The largest absolute Gasteiger partial charge is 0.399 e. The number of sulfonamides is 1. The lowest BCUT2D eigenvalue weighted by atomic mass is 10.2. The molecule has 0 aliphatic heterocycles. The number of nitrogens with zero attached hydrogens (tertiary/aromatic N) is 1. The van der Waals surface area contributed by atoms with E-state index < -0.39 is 10.0 Å². The lowest BCUT2D eigenvalue weighted by molar-refractivity contribution is 0.164. The lowest BCUT2D eigenvalue weighted by Crippen LogP contribution is -2.42. The number of benzene rings is 1. The molecular formula is C15H24N2O3S. The van der Waals surface area contributed by atoms with E-state index in [0.29, 0.717) is 24.8 Å². The second kappa shape index (κ2) is 6.77. The molecule has 1 aromatic carbocycles. The molecule has 2 rings (SSSR count). The van der Waals surface area contributed by atoms with Gasteiger partial charge in [-0.3, -0.25) is 0 Å². The highest BCUT2D eigenvalue weighted by Gasteiger charge is 2.37. The Hall–Kier alpha value is -1.11. The predicted octanol–water partition coefficient (Wildman–Crippen LogP) is 1.85. The van der Waals surface area contributed by atoms with Crippen LogP contribution in [0.3, 0.4) is 0 Å². The van der Waals surface area contributed by atoms with Gasteiger partial charge in [0, 0.05) is 25.4 Å². The van der Waals surface area contributed by atoms with Crippen LogP contribution in [0.2, 0.25) is 0 Å². The van der Waals surface area contributed by atoms with Crippen molar-refractivity contribution in [3.05, 3.63) is 29.8 Å². The highest BCUT2D eigenvalue weighted by Crippen LogP contribution is 2.36. The van der Waals surface area contributed by atoms with E-state index in [4.69, 9.17) is 10.5 Å². The van der Waals surface area contributed by atoms with E-state index in [2.05, 4.69) is 0 Å². The average Bonchev–Trinajstić information content (AvgIpc) is 3.25. The zero-order valence-corrected chi connectivity index (χ0v) is 13.5. The number of hydrogen-bond donors (Lipinski definition) is 1. The Morgan fingerprint density at radius 3 is 2.48 bits per heavy atom. The third-order valence-corrected chi connectivity index (χ3v) is 5.89. The zero-order chi connectivity index (χ0) is 15.5. The first-order chi connectivity index (χ1) is 9.94. The molecule has 1 aliphatic rings. The van der Waals surface area contributed by atoms with E-state index in [9.17, 15) is 8.42 Å². The van der Waals surface area contributed by atoms with Crippen LogP contribution < -0.4 is 5.73 Å². The van der Waals surface area contributed by atoms with Crippen molar-refractivity contribution in [1.29, 1.82) is 0 Å². The number of ether oxygens (including phenoxy) is 1. The van der Waals surface area contributed by atoms with Gasteiger partial charge >= 0.3 is 0 Å². The molecule has 0 bridgehead atoms. The fraction of sp³-hybridized carbons (Fsp3) is 0.600. The minimum absolute atomic E-state index is 0.00799. The van der Waals surface area contributed by atoms with Crippen LogP contribution in [0.5, 0.6) is 0 Å². The maximum atomic E-state index is 12.7. The van der Waals surface area contributed by atoms with Crippen molar-refractivity contribution in [2.75, 3.05) is 26.0 Å². The van der Waals surface area contributed by atoms with Gasteiger partial charge in [-0.2, -0.15) is 4.31 Å². The molecule has 1 atom stereocenters. The molecule has 0 amide bonds. The molecule has 0 radical (unpaired) electrons. The monoisotopic (exact) mass is 312 g/mol. The number of methoxy groups -OCH3 is 1. The van der Waals surface area contributed by atoms with Gasteiger partial charge in [0.1, 0.15) is 0 Å². The van der Waals surface area contributed by atoms with Gasteiger partial charge in [-0.05, 0) is 43.4 Å². The summed E-state index contributed by atoms with van der Waals surface area (Å²) < 4.78 is 32.1. The van der Waals surface area contributed by atoms with Gasteiger partial charge in [-0.15, -0.1) is 0 Å². The average molecular weight is 312 g/mol. The minimum Gasteiger partial charge on any atom is -0.399 e. The highest BCUT2D eigenvalue weighted by atomic mass is 32.2. The van der Waals surface area contributed by atoms with Crippen molar-refractivity contribution in [2.45, 2.75) is 31.6 Å². The Kier molecular flexibility index (Phi) is 5.24. The smallest absolute Gasteiger partial charge is 0.218 e. The second-order valence-electron chi connectivity index (χ2n) is 5.68. The van der Waals surface area contributed by atoms with Crippen LogP contribution in [0.15, 0.2) is 24.3 Å². The van der Waals surface area contributed by atoms with Gasteiger partial charge in [0.25, 0.3) is 0 Å². The molecule has 0 heterocycles. The first-order valence-electron chi connectivity index (χ1n) is 7.27. The van der Waals surface area contributed by atoms with Crippen LogP contribution in [0, 0.1) is 5.92 Å². The van der Waals surface area contributed by atoms with E-state index in [1.54, 1.807) is 35.7 Å². The van der Waals surface area contributed by atoms with Crippen molar-refractivity contribution >= 4 is 15.7 Å². The normalized spacial score (nSPS) is 17.1. The maximum Gasteiger partial charge on any atom is 0.218 e. The Labute approximate surface area is 127 Å². The molecule has 0 saturated heterocycles. The topological polar surface area (TPSA) is 72.6 Å². The van der Waals surface area contributed by atoms with Crippen LogP contribution in [-0.4, -0.2) is 39.0 Å². The Bertz CT molecular complexity index is 553. The molecule has 5 nitrogen and oxygen atoms in total. The summed E-state index contributed by atoms with van der Waals surface area (Å²) in [5, 5.41) is 0. The summed E-state index contributed by atoms with van der Waals surface area (Å²) in [5.74, 6) is 0.497. The lowest BCUT2D eigenvalue weighted by Gasteiger charge is -2.28. The number of nitrogen functional groups attached to an aromatic ring is 1. The van der Waals surface area contributed by atoms with Gasteiger partial charge in [-0.1, -0.05) is 12.1 Å². The SMILES string of the molecule is COCCN(C(C)C1CC1)S(=O)(=O)Cc1ccc(N)cc1. The van der Waals surface area contributed by atoms with Gasteiger partial charge < -0.3 is 10.5 Å². The molecule has 1 unspecified atom stereocenters. The van der Waals surface area contributed by atoms with Crippen molar-refractivity contribution in [1.82, 2.24) is 4.31 Å². The van der Waals surface area contributed by atoms with Crippen molar-refractivity contribution < 1.29 is 13.2 Å². The summed E-state index contributed by atoms with van der Waals surface area (Å²) in [4.78, 5) is 0. The molecule has 118 valence electrons. The van der Waals surface area contributed by atoms with Gasteiger partial charge in [-0.25, -0.2) is 8.42 Å². The summed E-state index contributed by atoms with van der Waals surface area (Å²) in [6.07, 6.45) is 2.23. The van der Waals surface area contributed by atoms with E-state index in [1.807, 2.05) is 6.92 Å². The molecule has 6 heteroatoms. The van der Waals surface area contributed by atoms with E-state index >= 15 is 0 Å². The first-order valence-corrected chi connectivity index (χ1v) is 8.88. The summed E-state index contributed by atoms with van der Waals surface area (Å²) in [7, 11) is -1.76.